The van der Waals surface area contributed by atoms with Crippen LogP contribution in [0.5, 0.6) is 0 Å². The Hall–Kier alpha value is -0.760. The van der Waals surface area contributed by atoms with Crippen molar-refractivity contribution in [2.75, 3.05) is 0 Å². The van der Waals surface area contributed by atoms with E-state index in [-0.39, 0.29) is 6.10 Å². The summed E-state index contributed by atoms with van der Waals surface area (Å²) in [5.41, 5.74) is 1.11. The summed E-state index contributed by atoms with van der Waals surface area (Å²) in [7, 11) is 0. The van der Waals surface area contributed by atoms with Crippen LogP contribution in [0.2, 0.25) is 0 Å². The first kappa shape index (κ1) is 13.7. The lowest BCUT2D eigenvalue weighted by Gasteiger charge is -2.06. The zero-order valence-corrected chi connectivity index (χ0v) is 11.6. The van der Waals surface area contributed by atoms with Crippen molar-refractivity contribution in [2.24, 2.45) is 5.92 Å². The summed E-state index contributed by atoms with van der Waals surface area (Å²) in [5, 5.41) is 10.0. The molecule has 0 spiro atoms. The molecule has 0 bridgehead atoms. The number of rotatable bonds is 9. The third-order valence-corrected chi connectivity index (χ3v) is 3.95. The van der Waals surface area contributed by atoms with E-state index in [1.54, 1.807) is 0 Å². The molecule has 2 rings (SSSR count). The number of unbranched alkanes of at least 4 members (excludes halogenated alkanes) is 5. The molecule has 1 N–H and O–H groups in total. The van der Waals surface area contributed by atoms with Gasteiger partial charge in [0.25, 0.3) is 0 Å². The number of aromatic nitrogens is 1. The number of hydrogen-bond acceptors (Lipinski definition) is 1. The van der Waals surface area contributed by atoms with E-state index in [2.05, 4.69) is 30.0 Å². The standard InChI is InChI=1S/C16H27NO/c1-2-3-4-5-6-7-11-17-12-10-15(13-17)16(18)14-8-9-14/h10,12-14,16,18H,2-9,11H2,1H3. The predicted octanol–water partition coefficient (Wildman–Crippen LogP) is 4.29. The van der Waals surface area contributed by atoms with Crippen LogP contribution in [-0.4, -0.2) is 9.67 Å². The van der Waals surface area contributed by atoms with E-state index in [4.69, 9.17) is 0 Å². The average molecular weight is 249 g/mol. The Morgan fingerprint density at radius 3 is 2.67 bits per heavy atom. The molecule has 1 unspecified atom stereocenters. The summed E-state index contributed by atoms with van der Waals surface area (Å²) in [5.74, 6) is 0.537. The second kappa shape index (κ2) is 6.98. The Labute approximate surface area is 111 Å². The van der Waals surface area contributed by atoms with Crippen LogP contribution in [0.1, 0.15) is 70.0 Å². The monoisotopic (exact) mass is 249 g/mol. The quantitative estimate of drug-likeness (QED) is 0.649. The van der Waals surface area contributed by atoms with Crippen LogP contribution in [0, 0.1) is 5.92 Å². The van der Waals surface area contributed by atoms with Gasteiger partial charge in [0, 0.05) is 18.9 Å². The Kier molecular flexibility index (Phi) is 5.30. The molecule has 1 aliphatic rings. The second-order valence-corrected chi connectivity index (χ2v) is 5.73. The molecule has 1 atom stereocenters. The van der Waals surface area contributed by atoms with Crippen LogP contribution in [0.4, 0.5) is 0 Å². The maximum atomic E-state index is 10.0. The molecule has 18 heavy (non-hydrogen) atoms. The minimum Gasteiger partial charge on any atom is -0.388 e. The van der Waals surface area contributed by atoms with Gasteiger partial charge in [0.15, 0.2) is 0 Å². The predicted molar refractivity (Wildman–Crippen MR) is 75.5 cm³/mol. The van der Waals surface area contributed by atoms with Crippen molar-refractivity contribution in [2.45, 2.75) is 70.9 Å². The number of aliphatic hydroxyl groups is 1. The van der Waals surface area contributed by atoms with Gasteiger partial charge in [0.1, 0.15) is 0 Å². The Morgan fingerprint density at radius 1 is 1.22 bits per heavy atom. The molecule has 0 saturated heterocycles. The highest BCUT2D eigenvalue weighted by Gasteiger charge is 2.31. The maximum Gasteiger partial charge on any atom is 0.0832 e. The smallest absolute Gasteiger partial charge is 0.0832 e. The molecule has 1 saturated carbocycles. The highest BCUT2D eigenvalue weighted by Crippen LogP contribution is 2.40. The molecule has 1 aromatic rings. The van der Waals surface area contributed by atoms with Crippen LogP contribution >= 0.6 is 0 Å². The SMILES string of the molecule is CCCCCCCCn1ccc(C(O)C2CC2)c1. The third-order valence-electron chi connectivity index (χ3n) is 3.95. The summed E-state index contributed by atoms with van der Waals surface area (Å²) >= 11 is 0. The van der Waals surface area contributed by atoms with Crippen molar-refractivity contribution in [1.82, 2.24) is 4.57 Å². The van der Waals surface area contributed by atoms with Gasteiger partial charge in [0.2, 0.25) is 0 Å². The molecular weight excluding hydrogens is 222 g/mol. The number of aliphatic hydroxyl groups excluding tert-OH is 1. The molecule has 2 heteroatoms. The molecule has 1 fully saturated rings. The molecular formula is C16H27NO. The molecule has 1 aromatic heterocycles. The van der Waals surface area contributed by atoms with Gasteiger partial charge in [-0.25, -0.2) is 0 Å². The summed E-state index contributed by atoms with van der Waals surface area (Å²) in [6.07, 6.45) is 14.5. The Balaban J connectivity index is 1.64. The van der Waals surface area contributed by atoms with Crippen molar-refractivity contribution in [3.63, 3.8) is 0 Å². The van der Waals surface area contributed by atoms with Crippen molar-refractivity contribution in [3.8, 4) is 0 Å². The first-order chi connectivity index (χ1) is 8.81. The molecule has 2 nitrogen and oxygen atoms in total. The van der Waals surface area contributed by atoms with Gasteiger partial charge >= 0.3 is 0 Å². The topological polar surface area (TPSA) is 25.2 Å². The number of hydrogen-bond donors (Lipinski definition) is 1. The minimum absolute atomic E-state index is 0.212. The van der Waals surface area contributed by atoms with Crippen LogP contribution in [0.15, 0.2) is 18.5 Å². The highest BCUT2D eigenvalue weighted by atomic mass is 16.3. The van der Waals surface area contributed by atoms with E-state index in [1.807, 2.05) is 0 Å². The Morgan fingerprint density at radius 2 is 1.94 bits per heavy atom. The highest BCUT2D eigenvalue weighted by molar-refractivity contribution is 5.16. The largest absolute Gasteiger partial charge is 0.388 e. The van der Waals surface area contributed by atoms with Gasteiger partial charge in [-0.15, -0.1) is 0 Å². The van der Waals surface area contributed by atoms with Crippen molar-refractivity contribution >= 4 is 0 Å². The van der Waals surface area contributed by atoms with Crippen LogP contribution in [-0.2, 0) is 6.54 Å². The van der Waals surface area contributed by atoms with E-state index >= 15 is 0 Å². The fourth-order valence-electron chi connectivity index (χ4n) is 2.53. The van der Waals surface area contributed by atoms with Gasteiger partial charge in [-0.1, -0.05) is 39.0 Å². The van der Waals surface area contributed by atoms with E-state index in [1.165, 1.54) is 51.4 Å². The third kappa shape index (κ3) is 4.16. The van der Waals surface area contributed by atoms with E-state index in [0.29, 0.717) is 5.92 Å². The first-order valence-electron chi connectivity index (χ1n) is 7.65. The molecule has 102 valence electrons. The van der Waals surface area contributed by atoms with Crippen LogP contribution in [0.25, 0.3) is 0 Å². The fraction of sp³-hybridized carbons (Fsp3) is 0.750. The van der Waals surface area contributed by atoms with Crippen LogP contribution < -0.4 is 0 Å². The lowest BCUT2D eigenvalue weighted by molar-refractivity contribution is 0.154. The van der Waals surface area contributed by atoms with Crippen LogP contribution in [0.3, 0.4) is 0 Å². The fourth-order valence-corrected chi connectivity index (χ4v) is 2.53. The second-order valence-electron chi connectivity index (χ2n) is 5.73. The number of nitrogens with zero attached hydrogens (tertiary/aromatic N) is 1. The van der Waals surface area contributed by atoms with Crippen molar-refractivity contribution < 1.29 is 5.11 Å². The van der Waals surface area contributed by atoms with Gasteiger partial charge in [-0.3, -0.25) is 0 Å². The summed E-state index contributed by atoms with van der Waals surface area (Å²) in [4.78, 5) is 0. The molecule has 0 radical (unpaired) electrons. The van der Waals surface area contributed by atoms with Gasteiger partial charge < -0.3 is 9.67 Å². The van der Waals surface area contributed by atoms with E-state index in [0.717, 1.165) is 12.1 Å². The zero-order valence-electron chi connectivity index (χ0n) is 11.6. The maximum absolute atomic E-state index is 10.0. The summed E-state index contributed by atoms with van der Waals surface area (Å²) in [6, 6.07) is 2.08. The van der Waals surface area contributed by atoms with Gasteiger partial charge in [-0.2, -0.15) is 0 Å². The first-order valence-corrected chi connectivity index (χ1v) is 7.65. The molecule has 0 aliphatic heterocycles. The van der Waals surface area contributed by atoms with E-state index in [9.17, 15) is 5.11 Å². The Bertz CT molecular complexity index is 341. The minimum atomic E-state index is -0.212. The summed E-state index contributed by atoms with van der Waals surface area (Å²) < 4.78 is 2.24. The van der Waals surface area contributed by atoms with Gasteiger partial charge in [0.05, 0.1) is 6.10 Å². The lowest BCUT2D eigenvalue weighted by atomic mass is 10.1. The lowest BCUT2D eigenvalue weighted by Crippen LogP contribution is -1.99. The van der Waals surface area contributed by atoms with Gasteiger partial charge in [-0.05, 0) is 36.8 Å². The van der Waals surface area contributed by atoms with E-state index < -0.39 is 0 Å². The molecule has 1 aliphatic carbocycles. The molecule has 0 amide bonds. The summed E-state index contributed by atoms with van der Waals surface area (Å²) in [6.45, 7) is 3.36. The molecule has 1 heterocycles. The zero-order chi connectivity index (χ0) is 12.8. The normalized spacial score (nSPS) is 17.0. The van der Waals surface area contributed by atoms with Crippen molar-refractivity contribution in [3.05, 3.63) is 24.0 Å². The number of aryl methyl sites for hydroxylation is 1. The average Bonchev–Trinajstić information content (AvgIpc) is 3.12. The molecule has 0 aromatic carbocycles. The van der Waals surface area contributed by atoms with Crippen molar-refractivity contribution in [1.29, 1.82) is 0 Å².